The molecule has 1 atom stereocenters. The molecule has 1 aliphatic heterocycles. The van der Waals surface area contributed by atoms with E-state index < -0.39 is 5.37 Å². The van der Waals surface area contributed by atoms with E-state index in [0.29, 0.717) is 13.2 Å². The largest absolute Gasteiger partial charge is 0.383 e. The minimum absolute atomic E-state index is 0.358. The molecule has 0 spiro atoms. The molecule has 0 aromatic carbocycles. The summed E-state index contributed by atoms with van der Waals surface area (Å²) in [5, 5.41) is 2.45. The number of carbonyl (C=O) groups is 2. The summed E-state index contributed by atoms with van der Waals surface area (Å²) in [4.78, 5) is 21.8. The van der Waals surface area contributed by atoms with Crippen molar-refractivity contribution in [1.82, 2.24) is 10.3 Å². The maximum Gasteiger partial charge on any atom is 0.287 e. The van der Waals surface area contributed by atoms with Gasteiger partial charge in [-0.15, -0.1) is 0 Å². The molecule has 0 saturated carbocycles. The number of hydrogen-bond donors (Lipinski definition) is 2. The molecule has 1 unspecified atom stereocenters. The summed E-state index contributed by atoms with van der Waals surface area (Å²) in [6.45, 7) is 4.84. The fourth-order valence-electron chi connectivity index (χ4n) is 0.879. The maximum atomic E-state index is 11.1. The van der Waals surface area contributed by atoms with Crippen molar-refractivity contribution in [1.29, 1.82) is 0 Å². The van der Waals surface area contributed by atoms with Crippen molar-refractivity contribution < 1.29 is 14.3 Å². The Morgan fingerprint density at radius 3 is 2.53 bits per heavy atom. The summed E-state index contributed by atoms with van der Waals surface area (Å²) in [5.41, 5.74) is 0. The first-order valence-electron chi connectivity index (χ1n) is 4.67. The number of amides is 2. The Morgan fingerprint density at radius 1 is 1.53 bits per heavy atom. The molecule has 15 heavy (non-hydrogen) atoms. The first-order valence-corrected chi connectivity index (χ1v) is 5.55. The minimum Gasteiger partial charge on any atom is -0.383 e. The van der Waals surface area contributed by atoms with Gasteiger partial charge >= 0.3 is 0 Å². The maximum absolute atomic E-state index is 11.1. The van der Waals surface area contributed by atoms with Gasteiger partial charge in [-0.3, -0.25) is 20.7 Å². The van der Waals surface area contributed by atoms with E-state index in [1.165, 1.54) is 5.01 Å². The van der Waals surface area contributed by atoms with Crippen molar-refractivity contribution >= 4 is 22.9 Å². The Kier molecular flexibility index (Phi) is 7.31. The van der Waals surface area contributed by atoms with Crippen LogP contribution in [0, 0.1) is 0 Å². The van der Waals surface area contributed by atoms with Gasteiger partial charge in [0.2, 0.25) is 0 Å². The van der Waals surface area contributed by atoms with Gasteiger partial charge in [0, 0.05) is 13.7 Å². The summed E-state index contributed by atoms with van der Waals surface area (Å²) in [6.07, 6.45) is 0. The van der Waals surface area contributed by atoms with Crippen LogP contribution in [-0.2, 0) is 9.53 Å². The fourth-order valence-corrected chi connectivity index (χ4v) is 1.65. The van der Waals surface area contributed by atoms with Gasteiger partial charge in [0.25, 0.3) is 11.1 Å². The number of carbonyl (C=O) groups excluding carboxylic acids is 2. The fraction of sp³-hybridized carbons (Fsp3) is 0.750. The minimum atomic E-state index is -0.623. The van der Waals surface area contributed by atoms with E-state index >= 15 is 0 Å². The van der Waals surface area contributed by atoms with Crippen molar-refractivity contribution in [2.45, 2.75) is 19.2 Å². The van der Waals surface area contributed by atoms with Gasteiger partial charge in [0.1, 0.15) is 0 Å². The number of thioether (sulfide) groups is 1. The molecule has 0 aliphatic carbocycles. The van der Waals surface area contributed by atoms with Crippen LogP contribution in [0.25, 0.3) is 0 Å². The number of nitrogens with one attached hydrogen (secondary N) is 1. The monoisotopic (exact) mass is 235 g/mol. The second-order valence-corrected chi connectivity index (χ2v) is 3.53. The summed E-state index contributed by atoms with van der Waals surface area (Å²) >= 11 is 0.878. The predicted molar refractivity (Wildman–Crippen MR) is 59.0 cm³/mol. The van der Waals surface area contributed by atoms with Crippen molar-refractivity contribution in [3.63, 3.8) is 0 Å². The number of hydrogen-bond acceptors (Lipinski definition) is 6. The normalized spacial score (nSPS) is 19.9. The Hall–Kier alpha value is -0.630. The van der Waals surface area contributed by atoms with Crippen LogP contribution in [0.3, 0.4) is 0 Å². The van der Waals surface area contributed by atoms with E-state index in [9.17, 15) is 9.59 Å². The highest BCUT2D eigenvalue weighted by molar-refractivity contribution is 8.15. The van der Waals surface area contributed by atoms with Crippen molar-refractivity contribution in [2.75, 3.05) is 20.3 Å². The van der Waals surface area contributed by atoms with Gasteiger partial charge in [0.05, 0.1) is 6.61 Å². The zero-order chi connectivity index (χ0) is 11.8. The second-order valence-electron chi connectivity index (χ2n) is 2.48. The van der Waals surface area contributed by atoms with Crippen LogP contribution >= 0.6 is 11.8 Å². The molecular weight excluding hydrogens is 218 g/mol. The average molecular weight is 235 g/mol. The lowest BCUT2D eigenvalue weighted by atomic mass is 10.5. The SMILES string of the molecule is CC.COCCN(N)C1SC(=O)NC1=O. The number of nitrogens with two attached hydrogens (primary N) is 1. The van der Waals surface area contributed by atoms with Crippen LogP contribution in [0.4, 0.5) is 4.79 Å². The number of rotatable bonds is 4. The van der Waals surface area contributed by atoms with E-state index in [2.05, 4.69) is 5.32 Å². The molecule has 3 N–H and O–H groups in total. The van der Waals surface area contributed by atoms with E-state index in [1.54, 1.807) is 7.11 Å². The molecule has 7 heteroatoms. The Morgan fingerprint density at radius 2 is 2.13 bits per heavy atom. The Bertz CT molecular complexity index is 225. The lowest BCUT2D eigenvalue weighted by Gasteiger charge is -2.18. The van der Waals surface area contributed by atoms with Crippen LogP contribution in [0.15, 0.2) is 0 Å². The molecule has 1 heterocycles. The van der Waals surface area contributed by atoms with E-state index in [-0.39, 0.29) is 11.1 Å². The van der Waals surface area contributed by atoms with Crippen LogP contribution in [0.5, 0.6) is 0 Å². The van der Waals surface area contributed by atoms with Crippen molar-refractivity contribution in [3.8, 4) is 0 Å². The molecule has 1 aliphatic rings. The number of ether oxygens (including phenoxy) is 1. The number of imide groups is 1. The molecule has 1 saturated heterocycles. The summed E-state index contributed by atoms with van der Waals surface area (Å²) < 4.78 is 4.79. The topological polar surface area (TPSA) is 84.7 Å². The van der Waals surface area contributed by atoms with Crippen molar-refractivity contribution in [2.24, 2.45) is 5.84 Å². The standard InChI is InChI=1S/C6H11N3O3S.C2H6/c1-12-3-2-9(7)5-4(10)8-6(11)13-5;1-2/h5H,2-3,7H2,1H3,(H,8,10,11);1-2H3. The zero-order valence-corrected chi connectivity index (χ0v) is 9.97. The van der Waals surface area contributed by atoms with Crippen LogP contribution < -0.4 is 11.2 Å². The summed E-state index contributed by atoms with van der Waals surface area (Å²) in [7, 11) is 1.54. The van der Waals surface area contributed by atoms with Crippen LogP contribution in [-0.4, -0.2) is 41.8 Å². The Labute approximate surface area is 93.5 Å². The van der Waals surface area contributed by atoms with E-state index in [4.69, 9.17) is 10.6 Å². The van der Waals surface area contributed by atoms with E-state index in [0.717, 1.165) is 11.8 Å². The molecule has 88 valence electrons. The van der Waals surface area contributed by atoms with Crippen LogP contribution in [0.1, 0.15) is 13.8 Å². The third-order valence-corrected chi connectivity index (χ3v) is 2.55. The molecule has 1 rings (SSSR count). The van der Waals surface area contributed by atoms with Crippen LogP contribution in [0.2, 0.25) is 0 Å². The molecule has 2 amide bonds. The van der Waals surface area contributed by atoms with Gasteiger partial charge in [-0.2, -0.15) is 0 Å². The molecule has 0 aromatic rings. The van der Waals surface area contributed by atoms with Gasteiger partial charge in [-0.05, 0) is 11.8 Å². The molecule has 1 fully saturated rings. The summed E-state index contributed by atoms with van der Waals surface area (Å²) in [5.74, 6) is 5.17. The first-order chi connectivity index (χ1) is 7.15. The molecular formula is C8H17N3O3S. The second kappa shape index (κ2) is 7.63. The predicted octanol–water partition coefficient (Wildman–Crippen LogP) is 0.144. The highest BCUT2D eigenvalue weighted by Crippen LogP contribution is 2.19. The number of hydrazine groups is 1. The lowest BCUT2D eigenvalue weighted by Crippen LogP contribution is -2.45. The summed E-state index contributed by atoms with van der Waals surface area (Å²) in [6, 6.07) is 0. The molecule has 0 aromatic heterocycles. The quantitative estimate of drug-likeness (QED) is 0.533. The third-order valence-electron chi connectivity index (χ3n) is 1.52. The smallest absolute Gasteiger partial charge is 0.287 e. The average Bonchev–Trinajstić information content (AvgIpc) is 2.57. The Balaban J connectivity index is 0.000000921. The van der Waals surface area contributed by atoms with Gasteiger partial charge in [-0.1, -0.05) is 13.8 Å². The highest BCUT2D eigenvalue weighted by Gasteiger charge is 2.34. The highest BCUT2D eigenvalue weighted by atomic mass is 32.2. The zero-order valence-electron chi connectivity index (χ0n) is 9.15. The van der Waals surface area contributed by atoms with Crippen molar-refractivity contribution in [3.05, 3.63) is 0 Å². The third kappa shape index (κ3) is 4.61. The van der Waals surface area contributed by atoms with E-state index in [1.807, 2.05) is 13.8 Å². The molecule has 0 radical (unpaired) electrons. The molecule has 6 nitrogen and oxygen atoms in total. The number of methoxy groups -OCH3 is 1. The van der Waals surface area contributed by atoms with Gasteiger partial charge in [0.15, 0.2) is 5.37 Å². The van der Waals surface area contributed by atoms with Gasteiger partial charge < -0.3 is 4.74 Å². The lowest BCUT2D eigenvalue weighted by molar-refractivity contribution is -0.121. The molecule has 0 bridgehead atoms. The number of nitrogens with zero attached hydrogens (tertiary/aromatic N) is 1. The van der Waals surface area contributed by atoms with Gasteiger partial charge in [-0.25, -0.2) is 5.01 Å². The first kappa shape index (κ1) is 14.4.